The monoisotopic (exact) mass is 301 g/mol. The highest BCUT2D eigenvalue weighted by Crippen LogP contribution is 2.24. The van der Waals surface area contributed by atoms with E-state index in [9.17, 15) is 0 Å². The molecule has 0 spiro atoms. The SMILES string of the molecule is c1ccc(Cn2cc(CNCC3CCCCS3)cn2)cc1. The van der Waals surface area contributed by atoms with Crippen LogP contribution in [0.15, 0.2) is 42.7 Å². The van der Waals surface area contributed by atoms with Gasteiger partial charge in [-0.2, -0.15) is 16.9 Å². The summed E-state index contributed by atoms with van der Waals surface area (Å²) in [6, 6.07) is 10.5. The highest BCUT2D eigenvalue weighted by atomic mass is 32.2. The normalized spacial score (nSPS) is 18.8. The fourth-order valence-corrected chi connectivity index (χ4v) is 3.97. The molecule has 0 amide bonds. The zero-order chi connectivity index (χ0) is 14.3. The van der Waals surface area contributed by atoms with Gasteiger partial charge in [-0.05, 0) is 24.2 Å². The van der Waals surface area contributed by atoms with Crippen molar-refractivity contribution in [3.05, 3.63) is 53.9 Å². The van der Waals surface area contributed by atoms with E-state index < -0.39 is 0 Å². The highest BCUT2D eigenvalue weighted by Gasteiger charge is 2.13. The standard InChI is InChI=1S/C17H23N3S/c1-2-6-15(7-3-1)13-20-14-16(11-19-20)10-18-12-17-8-4-5-9-21-17/h1-3,6-7,11,14,17-18H,4-5,8-10,12-13H2. The molecule has 1 N–H and O–H groups in total. The highest BCUT2D eigenvalue weighted by molar-refractivity contribution is 7.99. The number of nitrogens with zero attached hydrogens (tertiary/aromatic N) is 2. The lowest BCUT2D eigenvalue weighted by molar-refractivity contribution is 0.597. The van der Waals surface area contributed by atoms with E-state index in [1.165, 1.54) is 36.1 Å². The molecular weight excluding hydrogens is 278 g/mol. The molecule has 1 unspecified atom stereocenters. The second-order valence-corrected chi connectivity index (χ2v) is 7.06. The Bertz CT molecular complexity index is 532. The lowest BCUT2D eigenvalue weighted by atomic mass is 10.2. The van der Waals surface area contributed by atoms with Crippen LogP contribution in [0.4, 0.5) is 0 Å². The molecule has 0 aliphatic carbocycles. The molecule has 1 atom stereocenters. The molecule has 1 fully saturated rings. The van der Waals surface area contributed by atoms with Gasteiger partial charge in [-0.25, -0.2) is 0 Å². The third-order valence-electron chi connectivity index (χ3n) is 3.85. The van der Waals surface area contributed by atoms with Crippen LogP contribution >= 0.6 is 11.8 Å². The summed E-state index contributed by atoms with van der Waals surface area (Å²) in [5, 5.41) is 8.83. The zero-order valence-electron chi connectivity index (χ0n) is 12.4. The van der Waals surface area contributed by atoms with Crippen molar-refractivity contribution in [1.82, 2.24) is 15.1 Å². The number of hydrogen-bond acceptors (Lipinski definition) is 3. The summed E-state index contributed by atoms with van der Waals surface area (Å²) in [6.07, 6.45) is 8.28. The predicted octanol–water partition coefficient (Wildman–Crippen LogP) is 3.31. The van der Waals surface area contributed by atoms with Crippen molar-refractivity contribution in [3.63, 3.8) is 0 Å². The maximum Gasteiger partial charge on any atom is 0.0659 e. The average molecular weight is 301 g/mol. The van der Waals surface area contributed by atoms with Crippen LogP contribution in [0, 0.1) is 0 Å². The van der Waals surface area contributed by atoms with E-state index in [-0.39, 0.29) is 0 Å². The Labute approximate surface area is 131 Å². The molecule has 21 heavy (non-hydrogen) atoms. The largest absolute Gasteiger partial charge is 0.311 e. The van der Waals surface area contributed by atoms with E-state index in [4.69, 9.17) is 0 Å². The van der Waals surface area contributed by atoms with Crippen molar-refractivity contribution in [3.8, 4) is 0 Å². The quantitative estimate of drug-likeness (QED) is 0.888. The van der Waals surface area contributed by atoms with Crippen molar-refractivity contribution >= 4 is 11.8 Å². The first-order chi connectivity index (χ1) is 10.4. The van der Waals surface area contributed by atoms with Gasteiger partial charge in [-0.3, -0.25) is 4.68 Å². The Kier molecular flexibility index (Phi) is 5.35. The molecular formula is C17H23N3S. The van der Waals surface area contributed by atoms with Gasteiger partial charge in [0.25, 0.3) is 0 Å². The van der Waals surface area contributed by atoms with Gasteiger partial charge in [-0.1, -0.05) is 36.8 Å². The second kappa shape index (κ2) is 7.66. The number of aromatic nitrogens is 2. The van der Waals surface area contributed by atoms with Crippen LogP contribution in [-0.2, 0) is 13.1 Å². The summed E-state index contributed by atoms with van der Waals surface area (Å²) < 4.78 is 2.02. The van der Waals surface area contributed by atoms with Crippen molar-refractivity contribution < 1.29 is 0 Å². The van der Waals surface area contributed by atoms with E-state index in [0.717, 1.165) is 24.9 Å². The molecule has 0 radical (unpaired) electrons. The molecule has 4 heteroatoms. The Morgan fingerprint density at radius 1 is 1.19 bits per heavy atom. The molecule has 3 rings (SSSR count). The van der Waals surface area contributed by atoms with Crippen LogP contribution in [0.2, 0.25) is 0 Å². The van der Waals surface area contributed by atoms with E-state index in [1.807, 2.05) is 16.9 Å². The number of hydrogen-bond donors (Lipinski definition) is 1. The molecule has 1 aromatic carbocycles. The maximum absolute atomic E-state index is 4.45. The summed E-state index contributed by atoms with van der Waals surface area (Å²) in [4.78, 5) is 0. The second-order valence-electron chi connectivity index (χ2n) is 5.65. The fraction of sp³-hybridized carbons (Fsp3) is 0.471. The molecule has 3 nitrogen and oxygen atoms in total. The van der Waals surface area contributed by atoms with Gasteiger partial charge in [0.15, 0.2) is 0 Å². The van der Waals surface area contributed by atoms with Crippen LogP contribution in [0.5, 0.6) is 0 Å². The number of nitrogens with one attached hydrogen (secondary N) is 1. The maximum atomic E-state index is 4.45. The minimum Gasteiger partial charge on any atom is -0.311 e. The van der Waals surface area contributed by atoms with Gasteiger partial charge in [0, 0.05) is 30.1 Å². The average Bonchev–Trinajstić information content (AvgIpc) is 2.97. The first kappa shape index (κ1) is 14.7. The first-order valence-corrected chi connectivity index (χ1v) is 8.82. The van der Waals surface area contributed by atoms with Crippen LogP contribution < -0.4 is 5.32 Å². The van der Waals surface area contributed by atoms with Gasteiger partial charge < -0.3 is 5.32 Å². The summed E-state index contributed by atoms with van der Waals surface area (Å²) in [5.74, 6) is 1.33. The van der Waals surface area contributed by atoms with Crippen molar-refractivity contribution in [1.29, 1.82) is 0 Å². The van der Waals surface area contributed by atoms with Crippen molar-refractivity contribution in [2.45, 2.75) is 37.6 Å². The van der Waals surface area contributed by atoms with E-state index in [2.05, 4.69) is 52.6 Å². The van der Waals surface area contributed by atoms with Gasteiger partial charge in [0.05, 0.1) is 12.7 Å². The Morgan fingerprint density at radius 3 is 2.90 bits per heavy atom. The molecule has 0 bridgehead atoms. The number of benzene rings is 1. The molecule has 0 saturated carbocycles. The Balaban J connectivity index is 1.44. The van der Waals surface area contributed by atoms with Crippen LogP contribution in [-0.4, -0.2) is 27.3 Å². The minimum absolute atomic E-state index is 0.804. The topological polar surface area (TPSA) is 29.9 Å². The zero-order valence-corrected chi connectivity index (χ0v) is 13.2. The molecule has 112 valence electrons. The van der Waals surface area contributed by atoms with Crippen molar-refractivity contribution in [2.75, 3.05) is 12.3 Å². The number of rotatable bonds is 6. The molecule has 1 saturated heterocycles. The number of thioether (sulfide) groups is 1. The summed E-state index contributed by atoms with van der Waals surface area (Å²) >= 11 is 2.12. The van der Waals surface area contributed by atoms with Gasteiger partial charge >= 0.3 is 0 Å². The third-order valence-corrected chi connectivity index (χ3v) is 5.25. The predicted molar refractivity (Wildman–Crippen MR) is 89.6 cm³/mol. The lowest BCUT2D eigenvalue weighted by Gasteiger charge is -2.21. The Morgan fingerprint density at radius 2 is 2.10 bits per heavy atom. The van der Waals surface area contributed by atoms with Gasteiger partial charge in [0.1, 0.15) is 0 Å². The minimum atomic E-state index is 0.804. The van der Waals surface area contributed by atoms with Crippen LogP contribution in [0.1, 0.15) is 30.4 Å². The fourth-order valence-electron chi connectivity index (χ4n) is 2.70. The van der Waals surface area contributed by atoms with Crippen molar-refractivity contribution in [2.24, 2.45) is 0 Å². The van der Waals surface area contributed by atoms with Crippen LogP contribution in [0.3, 0.4) is 0 Å². The first-order valence-electron chi connectivity index (χ1n) is 7.78. The Hall–Kier alpha value is -1.26. The van der Waals surface area contributed by atoms with E-state index in [0.29, 0.717) is 0 Å². The molecule has 2 heterocycles. The molecule has 1 aliphatic rings. The summed E-state index contributed by atoms with van der Waals surface area (Å²) in [6.45, 7) is 2.89. The molecule has 1 aliphatic heterocycles. The van der Waals surface area contributed by atoms with E-state index >= 15 is 0 Å². The summed E-state index contributed by atoms with van der Waals surface area (Å²) in [7, 11) is 0. The molecule has 1 aromatic heterocycles. The molecule has 2 aromatic rings. The van der Waals surface area contributed by atoms with Gasteiger partial charge in [-0.15, -0.1) is 0 Å². The third kappa shape index (κ3) is 4.61. The smallest absolute Gasteiger partial charge is 0.0659 e. The van der Waals surface area contributed by atoms with Gasteiger partial charge in [0.2, 0.25) is 0 Å². The van der Waals surface area contributed by atoms with Crippen LogP contribution in [0.25, 0.3) is 0 Å². The lowest BCUT2D eigenvalue weighted by Crippen LogP contribution is -2.26. The summed E-state index contributed by atoms with van der Waals surface area (Å²) in [5.41, 5.74) is 2.56. The van der Waals surface area contributed by atoms with E-state index in [1.54, 1.807) is 0 Å².